The molecule has 0 bridgehead atoms. The summed E-state index contributed by atoms with van der Waals surface area (Å²) in [5, 5.41) is 13.1. The first-order chi connectivity index (χ1) is 11.8. The van der Waals surface area contributed by atoms with Gasteiger partial charge in [-0.3, -0.25) is 0 Å². The molecule has 1 heterocycles. The number of hydrogen-bond donors (Lipinski definition) is 2. The number of likely N-dealkylation sites (N-methyl/N-ethyl adjacent to an activating group) is 1. The van der Waals surface area contributed by atoms with Crippen LogP contribution in [0.15, 0.2) is 24.3 Å². The molecule has 1 fully saturated rings. The average Bonchev–Trinajstić information content (AvgIpc) is 2.58. The van der Waals surface area contributed by atoms with E-state index in [2.05, 4.69) is 30.4 Å². The monoisotopic (exact) mass is 348 g/mol. The second kappa shape index (κ2) is 8.19. The first kappa shape index (κ1) is 19.7. The van der Waals surface area contributed by atoms with E-state index in [0.717, 1.165) is 12.8 Å². The molecule has 0 unspecified atom stereocenters. The summed E-state index contributed by atoms with van der Waals surface area (Å²) in [6.07, 6.45) is 1.80. The van der Waals surface area contributed by atoms with Crippen LogP contribution in [-0.4, -0.2) is 54.5 Å². The van der Waals surface area contributed by atoms with Crippen LogP contribution in [0.2, 0.25) is 0 Å². The molecule has 0 radical (unpaired) electrons. The molecule has 0 saturated carbocycles. The number of nitrogens with zero attached hydrogens (tertiary/aromatic N) is 1. The molecule has 0 aromatic heterocycles. The Morgan fingerprint density at radius 2 is 1.96 bits per heavy atom. The maximum absolute atomic E-state index is 12.6. The molecule has 1 aliphatic rings. The summed E-state index contributed by atoms with van der Waals surface area (Å²) in [6, 6.07) is 8.28. The Kier molecular flexibility index (Phi) is 6.47. The molecule has 5 heteroatoms. The minimum atomic E-state index is -0.903. The quantitative estimate of drug-likeness (QED) is 0.831. The Balaban J connectivity index is 2.13. The predicted octanol–water partition coefficient (Wildman–Crippen LogP) is 2.85. The van der Waals surface area contributed by atoms with E-state index in [-0.39, 0.29) is 11.4 Å². The minimum absolute atomic E-state index is 0.0899. The molecular weight excluding hydrogens is 316 g/mol. The number of aryl methyl sites for hydroxylation is 1. The zero-order valence-electron chi connectivity index (χ0n) is 16.0. The fourth-order valence-electron chi connectivity index (χ4n) is 3.62. The van der Waals surface area contributed by atoms with Gasteiger partial charge in [-0.1, -0.05) is 24.3 Å². The van der Waals surface area contributed by atoms with Crippen molar-refractivity contribution in [1.29, 1.82) is 0 Å². The number of amides is 2. The van der Waals surface area contributed by atoms with E-state index < -0.39 is 5.60 Å². The summed E-state index contributed by atoms with van der Waals surface area (Å²) in [6.45, 7) is 10.4. The second-order valence-electron chi connectivity index (χ2n) is 7.69. The zero-order valence-corrected chi connectivity index (χ0v) is 16.0. The molecule has 0 aliphatic carbocycles. The van der Waals surface area contributed by atoms with E-state index in [4.69, 9.17) is 4.74 Å². The number of hydrogen-bond acceptors (Lipinski definition) is 3. The highest BCUT2D eigenvalue weighted by molar-refractivity contribution is 5.74. The SMILES string of the molecule is CCN(CC(C)(C)O)C(=O)NCC1(c2ccccc2C)CCOCC1. The van der Waals surface area contributed by atoms with E-state index in [0.29, 0.717) is 32.8 Å². The van der Waals surface area contributed by atoms with E-state index in [1.54, 1.807) is 18.7 Å². The van der Waals surface area contributed by atoms with Gasteiger partial charge in [0.2, 0.25) is 0 Å². The van der Waals surface area contributed by atoms with Gasteiger partial charge in [-0.2, -0.15) is 0 Å². The van der Waals surface area contributed by atoms with Crippen molar-refractivity contribution in [2.24, 2.45) is 0 Å². The van der Waals surface area contributed by atoms with Crippen LogP contribution in [0.5, 0.6) is 0 Å². The van der Waals surface area contributed by atoms with Crippen LogP contribution in [0.1, 0.15) is 44.7 Å². The van der Waals surface area contributed by atoms with E-state index in [1.165, 1.54) is 11.1 Å². The molecule has 1 aromatic rings. The van der Waals surface area contributed by atoms with Crippen molar-refractivity contribution in [3.8, 4) is 0 Å². The number of rotatable bonds is 6. The molecule has 0 atom stereocenters. The molecule has 1 aromatic carbocycles. The lowest BCUT2D eigenvalue weighted by molar-refractivity contribution is 0.0428. The molecule has 0 spiro atoms. The van der Waals surface area contributed by atoms with Gasteiger partial charge in [0.15, 0.2) is 0 Å². The minimum Gasteiger partial charge on any atom is -0.389 e. The number of benzene rings is 1. The van der Waals surface area contributed by atoms with Gasteiger partial charge in [-0.15, -0.1) is 0 Å². The van der Waals surface area contributed by atoms with E-state index in [9.17, 15) is 9.90 Å². The van der Waals surface area contributed by atoms with Gasteiger partial charge in [0.25, 0.3) is 0 Å². The summed E-state index contributed by atoms with van der Waals surface area (Å²) in [7, 11) is 0. The molecule has 1 aliphatic heterocycles. The predicted molar refractivity (Wildman–Crippen MR) is 99.9 cm³/mol. The largest absolute Gasteiger partial charge is 0.389 e. The molecule has 25 heavy (non-hydrogen) atoms. The van der Waals surface area contributed by atoms with Crippen LogP contribution < -0.4 is 5.32 Å². The second-order valence-corrected chi connectivity index (χ2v) is 7.69. The van der Waals surface area contributed by atoms with Gasteiger partial charge < -0.3 is 20.1 Å². The summed E-state index contributed by atoms with van der Waals surface area (Å²) < 4.78 is 5.57. The highest BCUT2D eigenvalue weighted by atomic mass is 16.5. The molecule has 2 rings (SSSR count). The van der Waals surface area contributed by atoms with Crippen LogP contribution in [0, 0.1) is 6.92 Å². The van der Waals surface area contributed by atoms with Gasteiger partial charge >= 0.3 is 6.03 Å². The molecule has 2 amide bonds. The lowest BCUT2D eigenvalue weighted by atomic mass is 9.72. The van der Waals surface area contributed by atoms with E-state index in [1.807, 2.05) is 13.0 Å². The number of aliphatic hydroxyl groups is 1. The van der Waals surface area contributed by atoms with Gasteiger partial charge in [0.05, 0.1) is 12.1 Å². The van der Waals surface area contributed by atoms with Crippen molar-refractivity contribution in [2.45, 2.75) is 51.6 Å². The Hall–Kier alpha value is -1.59. The Morgan fingerprint density at radius 1 is 1.32 bits per heavy atom. The zero-order chi connectivity index (χ0) is 18.5. The lowest BCUT2D eigenvalue weighted by Gasteiger charge is -2.39. The van der Waals surface area contributed by atoms with Crippen LogP contribution in [-0.2, 0) is 10.2 Å². The lowest BCUT2D eigenvalue weighted by Crippen LogP contribution is -2.51. The van der Waals surface area contributed by atoms with Crippen molar-refractivity contribution >= 4 is 6.03 Å². The van der Waals surface area contributed by atoms with Gasteiger partial charge in [-0.05, 0) is 51.7 Å². The maximum atomic E-state index is 12.6. The van der Waals surface area contributed by atoms with Gasteiger partial charge in [0, 0.05) is 31.7 Å². The third-order valence-corrected chi connectivity index (χ3v) is 4.99. The Labute approximate surface area is 151 Å². The molecule has 140 valence electrons. The standard InChI is InChI=1S/C20H32N2O3/c1-5-22(15-19(3,4)24)18(23)21-14-20(10-12-25-13-11-20)17-9-7-6-8-16(17)2/h6-9,24H,5,10-15H2,1-4H3,(H,21,23). The average molecular weight is 348 g/mol. The summed E-state index contributed by atoms with van der Waals surface area (Å²) in [5.41, 5.74) is 1.55. The Bertz CT molecular complexity index is 575. The van der Waals surface area contributed by atoms with Crippen LogP contribution in [0.3, 0.4) is 0 Å². The fraction of sp³-hybridized carbons (Fsp3) is 0.650. The first-order valence-corrected chi connectivity index (χ1v) is 9.16. The number of urea groups is 1. The third-order valence-electron chi connectivity index (χ3n) is 4.99. The normalized spacial score (nSPS) is 17.2. The van der Waals surface area contributed by atoms with Crippen molar-refractivity contribution in [3.05, 3.63) is 35.4 Å². The van der Waals surface area contributed by atoms with Crippen molar-refractivity contribution in [2.75, 3.05) is 32.8 Å². The van der Waals surface area contributed by atoms with Crippen molar-refractivity contribution in [1.82, 2.24) is 10.2 Å². The topological polar surface area (TPSA) is 61.8 Å². The van der Waals surface area contributed by atoms with Crippen molar-refractivity contribution in [3.63, 3.8) is 0 Å². The van der Waals surface area contributed by atoms with Crippen LogP contribution in [0.25, 0.3) is 0 Å². The molecule has 1 saturated heterocycles. The molecule has 2 N–H and O–H groups in total. The molecule has 5 nitrogen and oxygen atoms in total. The molecular formula is C20H32N2O3. The summed E-state index contributed by atoms with van der Waals surface area (Å²) in [4.78, 5) is 14.3. The number of nitrogens with one attached hydrogen (secondary N) is 1. The van der Waals surface area contributed by atoms with Crippen LogP contribution in [0.4, 0.5) is 4.79 Å². The van der Waals surface area contributed by atoms with Gasteiger partial charge in [0.1, 0.15) is 0 Å². The highest BCUT2D eigenvalue weighted by Crippen LogP contribution is 2.36. The number of ether oxygens (including phenoxy) is 1. The number of carbonyl (C=O) groups is 1. The van der Waals surface area contributed by atoms with Crippen molar-refractivity contribution < 1.29 is 14.6 Å². The van der Waals surface area contributed by atoms with Gasteiger partial charge in [-0.25, -0.2) is 4.79 Å². The smallest absolute Gasteiger partial charge is 0.317 e. The van der Waals surface area contributed by atoms with E-state index >= 15 is 0 Å². The fourth-order valence-corrected chi connectivity index (χ4v) is 3.62. The van der Waals surface area contributed by atoms with Crippen LogP contribution >= 0.6 is 0 Å². The summed E-state index contributed by atoms with van der Waals surface area (Å²) in [5.74, 6) is 0. The third kappa shape index (κ3) is 5.19. The first-order valence-electron chi connectivity index (χ1n) is 9.16. The highest BCUT2D eigenvalue weighted by Gasteiger charge is 2.36. The number of carbonyl (C=O) groups excluding carboxylic acids is 1. The maximum Gasteiger partial charge on any atom is 0.317 e. The Morgan fingerprint density at radius 3 is 2.52 bits per heavy atom. The summed E-state index contributed by atoms with van der Waals surface area (Å²) >= 11 is 0.